The maximum Gasteiger partial charge on any atom is 0.354 e. The molecule has 0 fully saturated rings. The Balaban J connectivity index is 3.17. The van der Waals surface area contributed by atoms with E-state index in [0.717, 1.165) is 12.3 Å². The molecule has 0 spiro atoms. The summed E-state index contributed by atoms with van der Waals surface area (Å²) in [6.45, 7) is 1.67. The molecule has 0 aliphatic rings. The minimum atomic E-state index is -3.32. The van der Waals surface area contributed by atoms with Gasteiger partial charge in [0.1, 0.15) is 5.70 Å². The van der Waals surface area contributed by atoms with Crippen LogP contribution in [-0.4, -0.2) is 40.8 Å². The number of carbonyl (C=O) groups is 2. The summed E-state index contributed by atoms with van der Waals surface area (Å²) >= 11 is 0. The topological polar surface area (TPSA) is 98.8 Å². The Labute approximate surface area is 128 Å². The molecule has 0 atom stereocenters. The van der Waals surface area contributed by atoms with Crippen LogP contribution in [0.5, 0.6) is 0 Å². The van der Waals surface area contributed by atoms with Crippen molar-refractivity contribution >= 4 is 27.5 Å². The van der Waals surface area contributed by atoms with E-state index in [4.69, 9.17) is 0 Å². The van der Waals surface area contributed by atoms with Crippen LogP contribution >= 0.6 is 0 Å². The van der Waals surface area contributed by atoms with E-state index >= 15 is 0 Å². The van der Waals surface area contributed by atoms with Gasteiger partial charge in [0, 0.05) is 11.9 Å². The number of hydrogen-bond donors (Lipinski definition) is 1. The van der Waals surface area contributed by atoms with Crippen molar-refractivity contribution in [3.8, 4) is 0 Å². The number of anilines is 1. The lowest BCUT2D eigenvalue weighted by molar-refractivity contribution is -0.138. The number of carbonyl (C=O) groups excluding carboxylic acids is 2. The molecular formula is C14H17NO6S. The molecule has 8 heteroatoms. The maximum absolute atomic E-state index is 11.6. The average molecular weight is 327 g/mol. The quantitative estimate of drug-likeness (QED) is 0.637. The van der Waals surface area contributed by atoms with Crippen molar-refractivity contribution in [3.05, 3.63) is 35.5 Å². The van der Waals surface area contributed by atoms with Gasteiger partial charge in [0.15, 0.2) is 9.84 Å². The highest BCUT2D eigenvalue weighted by Gasteiger charge is 2.15. The molecule has 0 amide bonds. The van der Waals surface area contributed by atoms with Crippen molar-refractivity contribution < 1.29 is 27.5 Å². The van der Waals surface area contributed by atoms with Crippen LogP contribution in [0, 0.1) is 6.92 Å². The van der Waals surface area contributed by atoms with Gasteiger partial charge in [0.05, 0.1) is 25.2 Å². The Kier molecular flexibility index (Phi) is 5.69. The number of methoxy groups -OCH3 is 2. The summed E-state index contributed by atoms with van der Waals surface area (Å²) in [6.07, 6.45) is 2.06. The molecule has 0 aliphatic heterocycles. The van der Waals surface area contributed by atoms with Crippen molar-refractivity contribution in [3.63, 3.8) is 0 Å². The average Bonchev–Trinajstić information content (AvgIpc) is 2.46. The predicted molar refractivity (Wildman–Crippen MR) is 80.0 cm³/mol. The monoisotopic (exact) mass is 327 g/mol. The second-order valence-electron chi connectivity index (χ2n) is 4.45. The number of esters is 2. The Hall–Kier alpha value is -2.35. The first-order chi connectivity index (χ1) is 10.2. The highest BCUT2D eigenvalue weighted by atomic mass is 32.2. The first-order valence-electron chi connectivity index (χ1n) is 6.14. The van der Waals surface area contributed by atoms with Gasteiger partial charge in [-0.15, -0.1) is 0 Å². The third kappa shape index (κ3) is 4.59. The Bertz CT molecular complexity index is 721. The van der Waals surface area contributed by atoms with Gasteiger partial charge in [-0.2, -0.15) is 0 Å². The molecule has 120 valence electrons. The Morgan fingerprint density at radius 2 is 1.82 bits per heavy atom. The van der Waals surface area contributed by atoms with Gasteiger partial charge in [-0.05, 0) is 30.7 Å². The molecule has 1 aromatic rings. The van der Waals surface area contributed by atoms with E-state index < -0.39 is 21.8 Å². The van der Waals surface area contributed by atoms with Crippen LogP contribution in [0.4, 0.5) is 5.69 Å². The lowest BCUT2D eigenvalue weighted by Gasteiger charge is -2.12. The molecule has 0 saturated heterocycles. The highest BCUT2D eigenvalue weighted by molar-refractivity contribution is 7.90. The molecule has 1 aromatic carbocycles. The van der Waals surface area contributed by atoms with Crippen LogP contribution in [0.2, 0.25) is 0 Å². The summed E-state index contributed by atoms with van der Waals surface area (Å²) in [7, 11) is -0.967. The summed E-state index contributed by atoms with van der Waals surface area (Å²) < 4.78 is 32.0. The van der Waals surface area contributed by atoms with E-state index in [0.29, 0.717) is 11.3 Å². The fourth-order valence-electron chi connectivity index (χ4n) is 1.58. The third-order valence-corrected chi connectivity index (χ3v) is 3.87. The zero-order valence-electron chi connectivity index (χ0n) is 12.7. The molecule has 0 bridgehead atoms. The number of rotatable bonds is 5. The van der Waals surface area contributed by atoms with Gasteiger partial charge in [-0.3, -0.25) is 0 Å². The van der Waals surface area contributed by atoms with Crippen LogP contribution in [0.15, 0.2) is 34.9 Å². The standard InChI is InChI=1S/C14H17NO6S/c1-9-7-10(22(4,18)19)5-6-11(9)15-12(14(17)21-3)8-13(16)20-2/h5-8,15H,1-4H3/b12-8+. The summed E-state index contributed by atoms with van der Waals surface area (Å²) in [5, 5.41) is 2.73. The van der Waals surface area contributed by atoms with Crippen LogP contribution in [0.3, 0.4) is 0 Å². The fraction of sp³-hybridized carbons (Fsp3) is 0.286. The van der Waals surface area contributed by atoms with E-state index in [1.165, 1.54) is 32.4 Å². The predicted octanol–water partition coefficient (Wildman–Crippen LogP) is 1.04. The van der Waals surface area contributed by atoms with Crippen LogP contribution in [-0.2, 0) is 28.9 Å². The smallest absolute Gasteiger partial charge is 0.354 e. The number of benzene rings is 1. The SMILES string of the molecule is COC(=O)/C=C(/Nc1ccc(S(C)(=O)=O)cc1C)C(=O)OC. The molecule has 7 nitrogen and oxygen atoms in total. The molecule has 0 aromatic heterocycles. The van der Waals surface area contributed by atoms with Gasteiger partial charge >= 0.3 is 11.9 Å². The number of sulfone groups is 1. The van der Waals surface area contributed by atoms with Crippen molar-refractivity contribution in [2.75, 3.05) is 25.8 Å². The zero-order valence-corrected chi connectivity index (χ0v) is 13.5. The summed E-state index contributed by atoms with van der Waals surface area (Å²) in [4.78, 5) is 23.1. The number of aryl methyl sites for hydroxylation is 1. The van der Waals surface area contributed by atoms with Crippen molar-refractivity contribution in [2.24, 2.45) is 0 Å². The van der Waals surface area contributed by atoms with E-state index in [1.54, 1.807) is 6.92 Å². The maximum atomic E-state index is 11.6. The number of ether oxygens (including phenoxy) is 2. The molecule has 1 rings (SSSR count). The molecule has 1 N–H and O–H groups in total. The number of hydrogen-bond acceptors (Lipinski definition) is 7. The molecule has 0 aliphatic carbocycles. The van der Waals surface area contributed by atoms with Crippen LogP contribution < -0.4 is 5.32 Å². The van der Waals surface area contributed by atoms with Crippen molar-refractivity contribution in [1.29, 1.82) is 0 Å². The second kappa shape index (κ2) is 7.08. The van der Waals surface area contributed by atoms with E-state index in [-0.39, 0.29) is 10.6 Å². The molecule has 0 heterocycles. The Morgan fingerprint density at radius 3 is 2.27 bits per heavy atom. The number of nitrogens with one attached hydrogen (secondary N) is 1. The minimum absolute atomic E-state index is 0.121. The van der Waals surface area contributed by atoms with Crippen LogP contribution in [0.25, 0.3) is 0 Å². The van der Waals surface area contributed by atoms with E-state index in [2.05, 4.69) is 14.8 Å². The first-order valence-corrected chi connectivity index (χ1v) is 8.04. The van der Waals surface area contributed by atoms with E-state index in [1.807, 2.05) is 0 Å². The molecule has 0 unspecified atom stereocenters. The molecular weight excluding hydrogens is 310 g/mol. The largest absolute Gasteiger partial charge is 0.466 e. The zero-order chi connectivity index (χ0) is 16.9. The fourth-order valence-corrected chi connectivity index (χ4v) is 2.29. The summed E-state index contributed by atoms with van der Waals surface area (Å²) in [5.74, 6) is -1.48. The van der Waals surface area contributed by atoms with Crippen molar-refractivity contribution in [2.45, 2.75) is 11.8 Å². The summed E-state index contributed by atoms with van der Waals surface area (Å²) in [6, 6.07) is 4.36. The van der Waals surface area contributed by atoms with Gasteiger partial charge in [-0.1, -0.05) is 0 Å². The van der Waals surface area contributed by atoms with Crippen molar-refractivity contribution in [1.82, 2.24) is 0 Å². The van der Waals surface area contributed by atoms with Gasteiger partial charge in [-0.25, -0.2) is 18.0 Å². The summed E-state index contributed by atoms with van der Waals surface area (Å²) in [5.41, 5.74) is 0.931. The van der Waals surface area contributed by atoms with Gasteiger partial charge < -0.3 is 14.8 Å². The normalized spacial score (nSPS) is 11.7. The van der Waals surface area contributed by atoms with Gasteiger partial charge in [0.2, 0.25) is 0 Å². The molecule has 22 heavy (non-hydrogen) atoms. The van der Waals surface area contributed by atoms with Crippen LogP contribution in [0.1, 0.15) is 5.56 Å². The molecule has 0 radical (unpaired) electrons. The third-order valence-electron chi connectivity index (χ3n) is 2.76. The van der Waals surface area contributed by atoms with E-state index in [9.17, 15) is 18.0 Å². The lowest BCUT2D eigenvalue weighted by atomic mass is 10.2. The lowest BCUT2D eigenvalue weighted by Crippen LogP contribution is -2.16. The Morgan fingerprint density at radius 1 is 1.18 bits per heavy atom. The second-order valence-corrected chi connectivity index (χ2v) is 6.46. The molecule has 0 saturated carbocycles. The minimum Gasteiger partial charge on any atom is -0.466 e. The first kappa shape index (κ1) is 17.7. The highest BCUT2D eigenvalue weighted by Crippen LogP contribution is 2.21. The van der Waals surface area contributed by atoms with Gasteiger partial charge in [0.25, 0.3) is 0 Å².